The van der Waals surface area contributed by atoms with E-state index in [1.807, 2.05) is 4.72 Å². The van der Waals surface area contributed by atoms with E-state index in [9.17, 15) is 17.6 Å². The number of ether oxygens (including phenoxy) is 1. The molecule has 12 heteroatoms. The number of halogens is 2. The summed E-state index contributed by atoms with van der Waals surface area (Å²) in [5.41, 5.74) is -1.34. The summed E-state index contributed by atoms with van der Waals surface area (Å²) in [7, 11) is -2.95. The van der Waals surface area contributed by atoms with Gasteiger partial charge in [-0.3, -0.25) is 14.5 Å². The van der Waals surface area contributed by atoms with Crippen molar-refractivity contribution in [3.05, 3.63) is 83.1 Å². The minimum atomic E-state index is -4.30. The molecule has 9 nitrogen and oxygen atoms in total. The summed E-state index contributed by atoms with van der Waals surface area (Å²) < 4.78 is 61.8. The molecule has 1 aromatic carbocycles. The van der Waals surface area contributed by atoms with Gasteiger partial charge in [0.2, 0.25) is 17.4 Å². The van der Waals surface area contributed by atoms with Crippen LogP contribution in [0, 0.1) is 18.2 Å². The summed E-state index contributed by atoms with van der Waals surface area (Å²) >= 11 is 0. The van der Waals surface area contributed by atoms with Gasteiger partial charge in [0, 0.05) is 29.4 Å². The first-order valence-electron chi connectivity index (χ1n) is 9.15. The number of hydrogen-bond donors (Lipinski definition) is 2. The molecule has 0 fully saturated rings. The van der Waals surface area contributed by atoms with Crippen LogP contribution in [-0.4, -0.2) is 36.3 Å². The number of anilines is 1. The Kier molecular flexibility index (Phi) is 5.49. The van der Waals surface area contributed by atoms with Crippen molar-refractivity contribution in [1.82, 2.24) is 15.0 Å². The van der Waals surface area contributed by atoms with Crippen LogP contribution in [0.25, 0.3) is 15.9 Å². The highest BCUT2D eigenvalue weighted by Crippen LogP contribution is 2.29. The molecule has 0 spiro atoms. The van der Waals surface area contributed by atoms with E-state index < -0.39 is 38.7 Å². The summed E-state index contributed by atoms with van der Waals surface area (Å²) in [5.74, 6) is -3.46. The minimum absolute atomic E-state index is 0.125. The fourth-order valence-corrected chi connectivity index (χ4v) is 4.07. The van der Waals surface area contributed by atoms with Crippen LogP contribution in [0.1, 0.15) is 15.9 Å². The fraction of sp³-hybridized carbons (Fsp3) is 0.0476. The molecule has 4 rings (SSSR count). The molecular weight excluding hydrogens is 456 g/mol. The molecule has 0 radical (unpaired) electrons. The highest BCUT2D eigenvalue weighted by molar-refractivity contribution is 7.92. The zero-order valence-corrected chi connectivity index (χ0v) is 17.6. The lowest BCUT2D eigenvalue weighted by atomic mass is 10.0. The van der Waals surface area contributed by atoms with Crippen LogP contribution < -0.4 is 9.46 Å². The number of nitrogens with zero attached hydrogens (tertiary/aromatic N) is 3. The molecular formula is C21H13F2N5O4S. The molecule has 33 heavy (non-hydrogen) atoms. The number of pyridine rings is 2. The van der Waals surface area contributed by atoms with Crippen LogP contribution in [0.2, 0.25) is 0 Å². The molecule has 4 aromatic rings. The molecule has 0 aliphatic carbocycles. The number of H-pyrrole nitrogens is 1. The number of sulfonamides is 1. The maximum atomic E-state index is 15.2. The van der Waals surface area contributed by atoms with E-state index in [2.05, 4.69) is 19.8 Å². The Labute approximate surface area is 185 Å². The Hall–Kier alpha value is -4.37. The summed E-state index contributed by atoms with van der Waals surface area (Å²) in [5, 5.41) is 0.197. The molecule has 0 bridgehead atoms. The van der Waals surface area contributed by atoms with Crippen molar-refractivity contribution in [2.75, 3.05) is 11.8 Å². The van der Waals surface area contributed by atoms with Gasteiger partial charge in [-0.2, -0.15) is 0 Å². The number of carbonyl (C=O) groups excluding carboxylic acids is 1. The van der Waals surface area contributed by atoms with Crippen molar-refractivity contribution in [1.29, 1.82) is 0 Å². The first-order valence-corrected chi connectivity index (χ1v) is 10.6. The van der Waals surface area contributed by atoms with Crippen LogP contribution in [0.5, 0.6) is 5.88 Å². The van der Waals surface area contributed by atoms with E-state index in [1.54, 1.807) is 0 Å². The van der Waals surface area contributed by atoms with Gasteiger partial charge < -0.3 is 9.72 Å². The van der Waals surface area contributed by atoms with Crippen molar-refractivity contribution in [3.63, 3.8) is 0 Å². The van der Waals surface area contributed by atoms with E-state index in [4.69, 9.17) is 11.3 Å². The van der Waals surface area contributed by atoms with Crippen LogP contribution in [-0.2, 0) is 10.0 Å². The molecule has 0 amide bonds. The number of nitrogens with one attached hydrogen (secondary N) is 2. The summed E-state index contributed by atoms with van der Waals surface area (Å²) in [4.78, 5) is 26.4. The second-order valence-electron chi connectivity index (χ2n) is 6.66. The summed E-state index contributed by atoms with van der Waals surface area (Å²) in [6.45, 7) is 7.08. The highest BCUT2D eigenvalue weighted by atomic mass is 32.2. The molecule has 0 aliphatic heterocycles. The number of fused-ring (bicyclic) bond motifs is 1. The number of aromatic nitrogens is 3. The average molecular weight is 469 g/mol. The van der Waals surface area contributed by atoms with Crippen molar-refractivity contribution >= 4 is 38.2 Å². The zero-order valence-electron chi connectivity index (χ0n) is 16.8. The lowest BCUT2D eigenvalue weighted by Crippen LogP contribution is -2.16. The molecule has 3 heterocycles. The van der Waals surface area contributed by atoms with Crippen LogP contribution >= 0.6 is 0 Å². The van der Waals surface area contributed by atoms with Crippen LogP contribution in [0.3, 0.4) is 0 Å². The smallest absolute Gasteiger partial charge is 0.263 e. The van der Waals surface area contributed by atoms with Crippen molar-refractivity contribution in [2.24, 2.45) is 0 Å². The lowest BCUT2D eigenvalue weighted by Gasteiger charge is -2.12. The molecule has 0 unspecified atom stereocenters. The topological polar surface area (TPSA) is 118 Å². The fourth-order valence-electron chi connectivity index (χ4n) is 3.07. The number of methoxy groups -OCH3 is 1. The molecule has 0 saturated carbocycles. The number of rotatable bonds is 6. The number of hydrogen-bond acceptors (Lipinski definition) is 6. The van der Waals surface area contributed by atoms with Crippen LogP contribution in [0.4, 0.5) is 20.2 Å². The summed E-state index contributed by atoms with van der Waals surface area (Å²) in [6.07, 6.45) is 3.50. The number of carbonyl (C=O) groups is 1. The second kappa shape index (κ2) is 8.29. The van der Waals surface area contributed by atoms with Crippen molar-refractivity contribution in [2.45, 2.75) is 4.90 Å². The SMILES string of the molecule is [C-]#[N+]c1cnc2[nH]cc(C(=O)c3c(F)ccc(NS(=O)(=O)c4ccc(OC)nc4)c3F)c2c1. The first kappa shape index (κ1) is 21.8. The van der Waals surface area contributed by atoms with Gasteiger partial charge in [0.05, 0.1) is 31.1 Å². The van der Waals surface area contributed by atoms with Gasteiger partial charge in [0.25, 0.3) is 10.0 Å². The highest BCUT2D eigenvalue weighted by Gasteiger charge is 2.26. The number of aromatic amines is 1. The maximum Gasteiger partial charge on any atom is 0.263 e. The predicted molar refractivity (Wildman–Crippen MR) is 114 cm³/mol. The maximum absolute atomic E-state index is 15.2. The molecule has 0 aliphatic rings. The Morgan fingerprint density at radius 3 is 2.64 bits per heavy atom. The third-order valence-corrected chi connectivity index (χ3v) is 6.03. The normalized spacial score (nSPS) is 11.2. The third kappa shape index (κ3) is 3.97. The van der Waals surface area contributed by atoms with Gasteiger partial charge in [-0.05, 0) is 24.3 Å². The Morgan fingerprint density at radius 2 is 1.97 bits per heavy atom. The van der Waals surface area contributed by atoms with Gasteiger partial charge in [-0.1, -0.05) is 0 Å². The molecule has 0 atom stereocenters. The van der Waals surface area contributed by atoms with Gasteiger partial charge in [0.15, 0.2) is 5.82 Å². The van der Waals surface area contributed by atoms with E-state index in [0.29, 0.717) is 0 Å². The van der Waals surface area contributed by atoms with Crippen LogP contribution in [0.15, 0.2) is 53.8 Å². The lowest BCUT2D eigenvalue weighted by molar-refractivity contribution is 0.103. The summed E-state index contributed by atoms with van der Waals surface area (Å²) in [6, 6.07) is 5.49. The molecule has 2 N–H and O–H groups in total. The Bertz CT molecular complexity index is 1540. The zero-order chi connectivity index (χ0) is 23.8. The predicted octanol–water partition coefficient (Wildman–Crippen LogP) is 3.83. The van der Waals surface area contributed by atoms with Gasteiger partial charge in [0.1, 0.15) is 16.4 Å². The molecule has 166 valence electrons. The average Bonchev–Trinajstić information content (AvgIpc) is 3.24. The standard InChI is InChI=1S/C21H13F2N5O4S/c1-24-11-7-13-14(10-27-21(13)26-8-11)20(29)18-15(22)4-5-16(19(18)23)28-33(30,31)12-3-6-17(32-2)25-9-12/h3-10,28H,2H3,(H,26,27). The van der Waals surface area contributed by atoms with Crippen molar-refractivity contribution < 1.29 is 26.7 Å². The Morgan fingerprint density at radius 1 is 1.18 bits per heavy atom. The minimum Gasteiger partial charge on any atom is -0.481 e. The van der Waals surface area contributed by atoms with Gasteiger partial charge >= 0.3 is 0 Å². The van der Waals surface area contributed by atoms with Gasteiger partial charge in [-0.25, -0.2) is 27.0 Å². The van der Waals surface area contributed by atoms with E-state index in [1.165, 1.54) is 37.7 Å². The largest absolute Gasteiger partial charge is 0.481 e. The molecule has 3 aromatic heterocycles. The second-order valence-corrected chi connectivity index (χ2v) is 8.34. The first-order chi connectivity index (χ1) is 15.7. The number of ketones is 1. The van der Waals surface area contributed by atoms with Crippen molar-refractivity contribution in [3.8, 4) is 5.88 Å². The number of benzene rings is 1. The molecule has 0 saturated heterocycles. The van der Waals surface area contributed by atoms with E-state index >= 15 is 4.39 Å². The monoisotopic (exact) mass is 469 g/mol. The van der Waals surface area contributed by atoms with E-state index in [0.717, 1.165) is 18.3 Å². The quantitative estimate of drug-likeness (QED) is 0.327. The van der Waals surface area contributed by atoms with E-state index in [-0.39, 0.29) is 33.1 Å². The Balaban J connectivity index is 1.74. The third-order valence-electron chi connectivity index (χ3n) is 4.68. The van der Waals surface area contributed by atoms with Gasteiger partial charge in [-0.15, -0.1) is 0 Å².